The Balaban J connectivity index is 1.67. The van der Waals surface area contributed by atoms with Crippen LogP contribution in [0, 0.1) is 12.8 Å². The quantitative estimate of drug-likeness (QED) is 0.939. The fourth-order valence-electron chi connectivity index (χ4n) is 3.14. The van der Waals surface area contributed by atoms with E-state index in [1.54, 1.807) is 4.90 Å². The Morgan fingerprint density at radius 2 is 1.79 bits per heavy atom. The zero-order chi connectivity index (χ0) is 17.1. The summed E-state index contributed by atoms with van der Waals surface area (Å²) >= 11 is 0. The van der Waals surface area contributed by atoms with Gasteiger partial charge in [-0.25, -0.2) is 0 Å². The molecule has 1 saturated heterocycles. The predicted molar refractivity (Wildman–Crippen MR) is 94.6 cm³/mol. The van der Waals surface area contributed by atoms with Gasteiger partial charge < -0.3 is 10.2 Å². The smallest absolute Gasteiger partial charge is 0.227 e. The average molecular weight is 322 g/mol. The van der Waals surface area contributed by atoms with Gasteiger partial charge in [0.2, 0.25) is 11.8 Å². The van der Waals surface area contributed by atoms with Crippen LogP contribution < -0.4 is 10.2 Å². The van der Waals surface area contributed by atoms with Crippen molar-refractivity contribution in [3.8, 4) is 0 Å². The van der Waals surface area contributed by atoms with Crippen LogP contribution in [-0.2, 0) is 9.59 Å². The first-order chi connectivity index (χ1) is 11.6. The van der Waals surface area contributed by atoms with Gasteiger partial charge in [0.1, 0.15) is 0 Å². The number of aryl methyl sites for hydroxylation is 1. The fourth-order valence-corrected chi connectivity index (χ4v) is 3.14. The Hall–Kier alpha value is -2.62. The van der Waals surface area contributed by atoms with Crippen molar-refractivity contribution in [1.82, 2.24) is 5.32 Å². The Morgan fingerprint density at radius 3 is 2.50 bits per heavy atom. The van der Waals surface area contributed by atoms with Crippen molar-refractivity contribution in [2.24, 2.45) is 5.92 Å². The number of amides is 2. The minimum atomic E-state index is -0.303. The summed E-state index contributed by atoms with van der Waals surface area (Å²) in [6, 6.07) is 17.6. The van der Waals surface area contributed by atoms with E-state index in [0.717, 1.165) is 16.8 Å². The van der Waals surface area contributed by atoms with Gasteiger partial charge in [-0.15, -0.1) is 0 Å². The maximum Gasteiger partial charge on any atom is 0.227 e. The van der Waals surface area contributed by atoms with Gasteiger partial charge in [0.25, 0.3) is 0 Å². The molecule has 2 atom stereocenters. The van der Waals surface area contributed by atoms with Crippen LogP contribution in [-0.4, -0.2) is 18.4 Å². The minimum absolute atomic E-state index is 0.0109. The summed E-state index contributed by atoms with van der Waals surface area (Å²) < 4.78 is 0. The molecule has 2 aromatic rings. The second kappa shape index (κ2) is 6.87. The number of anilines is 1. The summed E-state index contributed by atoms with van der Waals surface area (Å²) in [4.78, 5) is 26.6. The highest BCUT2D eigenvalue weighted by atomic mass is 16.2. The molecule has 0 saturated carbocycles. The Kier molecular flexibility index (Phi) is 4.65. The number of hydrogen-bond donors (Lipinski definition) is 1. The highest BCUT2D eigenvalue weighted by Crippen LogP contribution is 2.28. The predicted octanol–water partition coefficient (Wildman–Crippen LogP) is 3.23. The zero-order valence-electron chi connectivity index (χ0n) is 14.0. The lowest BCUT2D eigenvalue weighted by atomic mass is 10.1. The summed E-state index contributed by atoms with van der Waals surface area (Å²) in [6.07, 6.45) is 0.266. The number of benzene rings is 2. The van der Waals surface area contributed by atoms with Crippen LogP contribution >= 0.6 is 0 Å². The third kappa shape index (κ3) is 3.32. The molecule has 0 unspecified atom stereocenters. The lowest BCUT2D eigenvalue weighted by Crippen LogP contribution is -2.34. The lowest BCUT2D eigenvalue weighted by Gasteiger charge is -2.20. The van der Waals surface area contributed by atoms with Gasteiger partial charge in [0, 0.05) is 18.7 Å². The number of para-hydroxylation sites is 1. The standard InChI is InChI=1S/C20H22N2O2/c1-14-8-6-7-11-18(14)22-13-17(12-19(22)23)20(24)21-15(2)16-9-4-3-5-10-16/h3-11,15,17H,12-13H2,1-2H3,(H,21,24)/t15-,17+/m1/s1. The molecule has 4 heteroatoms. The molecule has 124 valence electrons. The van der Waals surface area contributed by atoms with Crippen LogP contribution in [0.15, 0.2) is 54.6 Å². The SMILES string of the molecule is Cc1ccccc1N1C[C@@H](C(=O)N[C@H](C)c2ccccc2)CC1=O. The number of nitrogens with one attached hydrogen (secondary N) is 1. The van der Waals surface area contributed by atoms with E-state index >= 15 is 0 Å². The van der Waals surface area contributed by atoms with Crippen molar-refractivity contribution in [3.63, 3.8) is 0 Å². The van der Waals surface area contributed by atoms with Crippen molar-refractivity contribution in [2.45, 2.75) is 26.3 Å². The monoisotopic (exact) mass is 322 g/mol. The zero-order valence-corrected chi connectivity index (χ0v) is 14.0. The van der Waals surface area contributed by atoms with Crippen LogP contribution in [0.5, 0.6) is 0 Å². The van der Waals surface area contributed by atoms with Gasteiger partial charge in [-0.2, -0.15) is 0 Å². The van der Waals surface area contributed by atoms with E-state index in [9.17, 15) is 9.59 Å². The third-order valence-corrected chi connectivity index (χ3v) is 4.56. The molecule has 1 aliphatic rings. The van der Waals surface area contributed by atoms with Crippen LogP contribution in [0.25, 0.3) is 0 Å². The number of carbonyl (C=O) groups excluding carboxylic acids is 2. The van der Waals surface area contributed by atoms with Crippen LogP contribution in [0.2, 0.25) is 0 Å². The molecule has 1 N–H and O–H groups in total. The fraction of sp³-hybridized carbons (Fsp3) is 0.300. The molecule has 2 amide bonds. The molecular formula is C20H22N2O2. The Bertz CT molecular complexity index is 742. The van der Waals surface area contributed by atoms with Gasteiger partial charge in [-0.3, -0.25) is 9.59 Å². The molecule has 0 aromatic heterocycles. The average Bonchev–Trinajstić information content (AvgIpc) is 2.98. The van der Waals surface area contributed by atoms with E-state index in [4.69, 9.17) is 0 Å². The van der Waals surface area contributed by atoms with Crippen molar-refractivity contribution >= 4 is 17.5 Å². The summed E-state index contributed by atoms with van der Waals surface area (Å²) in [6.45, 7) is 4.38. The third-order valence-electron chi connectivity index (χ3n) is 4.56. The maximum atomic E-state index is 12.5. The molecule has 1 aliphatic heterocycles. The molecule has 2 aromatic carbocycles. The van der Waals surface area contributed by atoms with E-state index in [1.165, 1.54) is 0 Å². The van der Waals surface area contributed by atoms with E-state index in [0.29, 0.717) is 6.54 Å². The van der Waals surface area contributed by atoms with E-state index in [1.807, 2.05) is 68.4 Å². The normalized spacial score (nSPS) is 18.5. The van der Waals surface area contributed by atoms with Gasteiger partial charge in [0.05, 0.1) is 12.0 Å². The molecule has 4 nitrogen and oxygen atoms in total. The van der Waals surface area contributed by atoms with Crippen LogP contribution in [0.1, 0.15) is 30.5 Å². The first-order valence-corrected chi connectivity index (χ1v) is 8.27. The lowest BCUT2D eigenvalue weighted by molar-refractivity contribution is -0.126. The summed E-state index contributed by atoms with van der Waals surface area (Å²) in [7, 11) is 0. The number of carbonyl (C=O) groups is 2. The Morgan fingerprint density at radius 1 is 1.12 bits per heavy atom. The van der Waals surface area contributed by atoms with Crippen LogP contribution in [0.3, 0.4) is 0 Å². The number of rotatable bonds is 4. The molecule has 0 bridgehead atoms. The van der Waals surface area contributed by atoms with Crippen molar-refractivity contribution in [2.75, 3.05) is 11.4 Å². The van der Waals surface area contributed by atoms with Gasteiger partial charge in [-0.1, -0.05) is 48.5 Å². The van der Waals surface area contributed by atoms with Crippen molar-refractivity contribution < 1.29 is 9.59 Å². The molecule has 0 radical (unpaired) electrons. The molecule has 0 aliphatic carbocycles. The topological polar surface area (TPSA) is 49.4 Å². The molecule has 3 rings (SSSR count). The molecule has 24 heavy (non-hydrogen) atoms. The molecule has 1 fully saturated rings. The number of hydrogen-bond acceptors (Lipinski definition) is 2. The van der Waals surface area contributed by atoms with E-state index < -0.39 is 0 Å². The van der Waals surface area contributed by atoms with E-state index in [-0.39, 0.29) is 30.2 Å². The molecular weight excluding hydrogens is 300 g/mol. The van der Waals surface area contributed by atoms with E-state index in [2.05, 4.69) is 5.32 Å². The van der Waals surface area contributed by atoms with Crippen molar-refractivity contribution in [1.29, 1.82) is 0 Å². The first kappa shape index (κ1) is 16.2. The van der Waals surface area contributed by atoms with Gasteiger partial charge in [-0.05, 0) is 31.0 Å². The summed E-state index contributed by atoms with van der Waals surface area (Å²) in [5.74, 6) is -0.351. The largest absolute Gasteiger partial charge is 0.349 e. The van der Waals surface area contributed by atoms with Crippen LogP contribution in [0.4, 0.5) is 5.69 Å². The highest BCUT2D eigenvalue weighted by molar-refractivity contribution is 6.00. The Labute approximate surface area is 142 Å². The molecule has 0 spiro atoms. The minimum Gasteiger partial charge on any atom is -0.349 e. The van der Waals surface area contributed by atoms with Gasteiger partial charge >= 0.3 is 0 Å². The first-order valence-electron chi connectivity index (χ1n) is 8.27. The second-order valence-corrected chi connectivity index (χ2v) is 6.33. The number of nitrogens with zero attached hydrogens (tertiary/aromatic N) is 1. The second-order valence-electron chi connectivity index (χ2n) is 6.33. The highest BCUT2D eigenvalue weighted by Gasteiger charge is 2.35. The van der Waals surface area contributed by atoms with Crippen molar-refractivity contribution in [3.05, 3.63) is 65.7 Å². The van der Waals surface area contributed by atoms with Gasteiger partial charge in [0.15, 0.2) is 0 Å². The summed E-state index contributed by atoms with van der Waals surface area (Å²) in [5.41, 5.74) is 3.00. The molecule has 1 heterocycles. The maximum absolute atomic E-state index is 12.5. The summed E-state index contributed by atoms with van der Waals surface area (Å²) in [5, 5.41) is 3.03.